The molecule has 0 heterocycles. The van der Waals surface area contributed by atoms with Crippen molar-refractivity contribution in [2.45, 2.75) is 78.1 Å². The van der Waals surface area contributed by atoms with Crippen molar-refractivity contribution in [2.24, 2.45) is 0 Å². The van der Waals surface area contributed by atoms with Gasteiger partial charge in [0.2, 0.25) is 0 Å². The second-order valence-corrected chi connectivity index (χ2v) is 6.16. The van der Waals surface area contributed by atoms with Crippen LogP contribution in [0, 0.1) is 0 Å². The van der Waals surface area contributed by atoms with Gasteiger partial charge in [0.15, 0.2) is 0 Å². The van der Waals surface area contributed by atoms with Crippen LogP contribution in [-0.2, 0) is 0 Å². The van der Waals surface area contributed by atoms with Crippen molar-refractivity contribution in [3.05, 3.63) is 0 Å². The minimum Gasteiger partial charge on any atom is -0.412 e. The van der Waals surface area contributed by atoms with Crippen molar-refractivity contribution in [2.75, 3.05) is 27.2 Å². The van der Waals surface area contributed by atoms with Crippen molar-refractivity contribution in [1.29, 1.82) is 0 Å². The Morgan fingerprint density at radius 1 is 0.611 bits per heavy atom. The number of unbranched alkanes of at least 4 members (excludes halogenated alkanes) is 9. The number of rotatable bonds is 12. The Hall–Kier alpha value is -0.0800. The van der Waals surface area contributed by atoms with E-state index in [2.05, 4.69) is 27.9 Å². The van der Waals surface area contributed by atoms with Gasteiger partial charge in [-0.1, -0.05) is 58.3 Å². The van der Waals surface area contributed by atoms with Crippen LogP contribution in [0.4, 0.5) is 0 Å². The molecule has 2 nitrogen and oxygen atoms in total. The molecule has 112 valence electrons. The van der Waals surface area contributed by atoms with Crippen LogP contribution in [0.1, 0.15) is 78.1 Å². The summed E-state index contributed by atoms with van der Waals surface area (Å²) in [5.74, 6) is 0. The lowest BCUT2D eigenvalue weighted by Gasteiger charge is -2.28. The van der Waals surface area contributed by atoms with E-state index < -0.39 is 0 Å². The summed E-state index contributed by atoms with van der Waals surface area (Å²) in [5.41, 5.74) is 0. The van der Waals surface area contributed by atoms with Crippen LogP contribution >= 0.6 is 0 Å². The lowest BCUT2D eigenvalue weighted by Crippen LogP contribution is -2.39. The second-order valence-electron chi connectivity index (χ2n) is 6.16. The second kappa shape index (κ2) is 13.4. The van der Waals surface area contributed by atoms with Crippen molar-refractivity contribution in [3.63, 3.8) is 0 Å². The van der Waals surface area contributed by atoms with Crippen molar-refractivity contribution >= 4 is 0 Å². The van der Waals surface area contributed by atoms with Gasteiger partial charge in [-0.25, -0.2) is 0 Å². The van der Waals surface area contributed by atoms with Gasteiger partial charge in [-0.15, -0.1) is 0 Å². The first kappa shape index (κ1) is 20.2. The highest BCUT2D eigenvalue weighted by molar-refractivity contribution is 4.47. The summed E-state index contributed by atoms with van der Waals surface area (Å²) in [6, 6.07) is 0. The third kappa shape index (κ3) is 14.0. The fourth-order valence-electron chi connectivity index (χ4n) is 2.19. The van der Waals surface area contributed by atoms with Gasteiger partial charge in [0.1, 0.15) is 0 Å². The van der Waals surface area contributed by atoms with Gasteiger partial charge in [-0.05, 0) is 19.8 Å². The minimum atomic E-state index is 0. The van der Waals surface area contributed by atoms with Crippen LogP contribution in [-0.4, -0.2) is 37.1 Å². The first-order chi connectivity index (χ1) is 8.12. The molecular formula is C16H38NO+. The van der Waals surface area contributed by atoms with E-state index in [0.717, 1.165) is 0 Å². The summed E-state index contributed by atoms with van der Waals surface area (Å²) in [5, 5.41) is 0. The SMILES string of the molecule is CCCCCCCCCCCC[N+](C)(C)CC.O. The first-order valence-corrected chi connectivity index (χ1v) is 7.94. The molecular weight excluding hydrogens is 222 g/mol. The molecule has 0 radical (unpaired) electrons. The zero-order chi connectivity index (χ0) is 13.0. The highest BCUT2D eigenvalue weighted by Crippen LogP contribution is 2.11. The predicted molar refractivity (Wildman–Crippen MR) is 83.0 cm³/mol. The zero-order valence-corrected chi connectivity index (χ0v) is 13.4. The molecule has 0 rings (SSSR count). The standard InChI is InChI=1S/C16H36N.H2O/c1-5-7-8-9-10-11-12-13-14-15-16-17(3,4)6-2;/h5-16H2,1-4H3;1H2/q+1;. The lowest BCUT2D eigenvalue weighted by molar-refractivity contribution is -0.888. The van der Waals surface area contributed by atoms with Gasteiger partial charge < -0.3 is 9.96 Å². The lowest BCUT2D eigenvalue weighted by atomic mass is 10.1. The molecule has 0 saturated heterocycles. The molecule has 0 aliphatic heterocycles. The normalized spacial score (nSPS) is 11.3. The molecule has 2 heteroatoms. The van der Waals surface area contributed by atoms with Crippen LogP contribution in [0.15, 0.2) is 0 Å². The van der Waals surface area contributed by atoms with Gasteiger partial charge in [-0.3, -0.25) is 0 Å². The van der Waals surface area contributed by atoms with Crippen LogP contribution in [0.25, 0.3) is 0 Å². The topological polar surface area (TPSA) is 31.5 Å². The van der Waals surface area contributed by atoms with E-state index in [1.54, 1.807) is 0 Å². The number of nitrogens with zero attached hydrogens (tertiary/aromatic N) is 1. The molecule has 0 bridgehead atoms. The van der Waals surface area contributed by atoms with Crippen molar-refractivity contribution in [3.8, 4) is 0 Å². The Balaban J connectivity index is 0. The van der Waals surface area contributed by atoms with Gasteiger partial charge in [0.05, 0.1) is 27.2 Å². The summed E-state index contributed by atoms with van der Waals surface area (Å²) in [6.45, 7) is 7.19. The molecule has 0 fully saturated rings. The summed E-state index contributed by atoms with van der Waals surface area (Å²) in [6.07, 6.45) is 14.4. The van der Waals surface area contributed by atoms with Crippen molar-refractivity contribution < 1.29 is 9.96 Å². The van der Waals surface area contributed by atoms with Crippen molar-refractivity contribution in [1.82, 2.24) is 0 Å². The molecule has 0 unspecified atom stereocenters. The summed E-state index contributed by atoms with van der Waals surface area (Å²) < 4.78 is 1.19. The van der Waals surface area contributed by atoms with E-state index in [4.69, 9.17) is 0 Å². The summed E-state index contributed by atoms with van der Waals surface area (Å²) >= 11 is 0. The Morgan fingerprint density at radius 3 is 1.39 bits per heavy atom. The van der Waals surface area contributed by atoms with E-state index in [1.165, 1.54) is 81.8 Å². The monoisotopic (exact) mass is 260 g/mol. The molecule has 0 aromatic rings. The molecule has 0 atom stereocenters. The maximum Gasteiger partial charge on any atom is 0.0782 e. The van der Waals surface area contributed by atoms with E-state index in [0.29, 0.717) is 0 Å². The Kier molecular flexibility index (Phi) is 15.0. The highest BCUT2D eigenvalue weighted by atomic mass is 16.0. The van der Waals surface area contributed by atoms with E-state index in [1.807, 2.05) is 0 Å². The maximum atomic E-state index is 2.34. The first-order valence-electron chi connectivity index (χ1n) is 7.94. The molecule has 0 aliphatic carbocycles. The molecule has 0 aliphatic rings. The third-order valence-electron chi connectivity index (χ3n) is 3.97. The molecule has 18 heavy (non-hydrogen) atoms. The molecule has 0 amide bonds. The highest BCUT2D eigenvalue weighted by Gasteiger charge is 2.09. The van der Waals surface area contributed by atoms with E-state index >= 15 is 0 Å². The third-order valence-corrected chi connectivity index (χ3v) is 3.97. The summed E-state index contributed by atoms with van der Waals surface area (Å²) in [4.78, 5) is 0. The molecule has 0 spiro atoms. The maximum absolute atomic E-state index is 2.34. The molecule has 0 aromatic carbocycles. The molecule has 0 aromatic heterocycles. The van der Waals surface area contributed by atoms with E-state index in [-0.39, 0.29) is 5.48 Å². The smallest absolute Gasteiger partial charge is 0.0782 e. The average Bonchev–Trinajstić information content (AvgIpc) is 2.31. The summed E-state index contributed by atoms with van der Waals surface area (Å²) in [7, 11) is 4.68. The fourth-order valence-corrected chi connectivity index (χ4v) is 2.19. The van der Waals surface area contributed by atoms with Crippen LogP contribution < -0.4 is 0 Å². The number of hydrogen-bond donors (Lipinski definition) is 0. The van der Waals surface area contributed by atoms with Gasteiger partial charge >= 0.3 is 0 Å². The minimum absolute atomic E-state index is 0. The largest absolute Gasteiger partial charge is 0.412 e. The zero-order valence-electron chi connectivity index (χ0n) is 13.4. The van der Waals surface area contributed by atoms with Gasteiger partial charge in [0.25, 0.3) is 0 Å². The average molecular weight is 260 g/mol. The fraction of sp³-hybridized carbons (Fsp3) is 1.00. The molecule has 2 N–H and O–H groups in total. The number of hydrogen-bond acceptors (Lipinski definition) is 0. The predicted octanol–water partition coefficient (Wildman–Crippen LogP) is 4.18. The van der Waals surface area contributed by atoms with Gasteiger partial charge in [-0.2, -0.15) is 0 Å². The Morgan fingerprint density at radius 2 is 1.00 bits per heavy atom. The number of quaternary nitrogens is 1. The quantitative estimate of drug-likeness (QED) is 0.372. The van der Waals surface area contributed by atoms with Crippen LogP contribution in [0.5, 0.6) is 0 Å². The van der Waals surface area contributed by atoms with Crippen LogP contribution in [0.3, 0.4) is 0 Å². The van der Waals surface area contributed by atoms with E-state index in [9.17, 15) is 0 Å². The molecule has 0 saturated carbocycles. The van der Waals surface area contributed by atoms with Crippen LogP contribution in [0.2, 0.25) is 0 Å². The van der Waals surface area contributed by atoms with Gasteiger partial charge in [0, 0.05) is 0 Å². The Labute approximate surface area is 116 Å². The Bertz CT molecular complexity index is 157.